The number of halogens is 2. The molecule has 4 rings (SSSR count). The Labute approximate surface area is 210 Å². The third kappa shape index (κ3) is 5.10. The molecule has 0 radical (unpaired) electrons. The first-order chi connectivity index (χ1) is 16.8. The molecule has 1 saturated heterocycles. The maximum absolute atomic E-state index is 13.9. The molecule has 1 heterocycles. The number of nitrogens with zero attached hydrogens (tertiary/aromatic N) is 4. The van der Waals surface area contributed by atoms with Gasteiger partial charge in [-0.3, -0.25) is 9.69 Å². The number of rotatable bonds is 6. The lowest BCUT2D eigenvalue weighted by Crippen LogP contribution is -2.50. The van der Waals surface area contributed by atoms with E-state index in [1.807, 2.05) is 24.3 Å². The molecular weight excluding hydrogens is 467 g/mol. The number of amides is 1. The van der Waals surface area contributed by atoms with Gasteiger partial charge in [0.25, 0.3) is 0 Å². The van der Waals surface area contributed by atoms with Crippen LogP contribution in [0.1, 0.15) is 22.7 Å². The van der Waals surface area contributed by atoms with E-state index >= 15 is 0 Å². The second kappa shape index (κ2) is 10.6. The number of methoxy groups -OCH3 is 1. The molecule has 0 N–H and O–H groups in total. The lowest BCUT2D eigenvalue weighted by molar-refractivity contribution is -0.137. The fourth-order valence-corrected chi connectivity index (χ4v) is 4.86. The maximum Gasteiger partial charge on any atom is 0.244 e. The molecule has 0 bridgehead atoms. The Hall–Kier alpha value is -3.18. The zero-order valence-electron chi connectivity index (χ0n) is 20.1. The molecule has 0 aliphatic carbocycles. The molecule has 35 heavy (non-hydrogen) atoms. The molecule has 0 saturated carbocycles. The number of fused-ring (bicyclic) bond motifs is 1. The molecule has 1 unspecified atom stereocenters. The highest BCUT2D eigenvalue weighted by atomic mass is 35.5. The fraction of sp³-hybridized carbons (Fsp3) is 0.333. The topological polar surface area (TPSA) is 59.8 Å². The Morgan fingerprint density at radius 1 is 1.20 bits per heavy atom. The molecule has 1 aliphatic rings. The predicted octanol–water partition coefficient (Wildman–Crippen LogP) is 4.46. The van der Waals surface area contributed by atoms with Crippen molar-refractivity contribution in [3.05, 3.63) is 76.1 Å². The van der Waals surface area contributed by atoms with Crippen molar-refractivity contribution in [1.29, 1.82) is 5.26 Å². The summed E-state index contributed by atoms with van der Waals surface area (Å²) in [5.74, 6) is -0.185. The minimum atomic E-state index is -0.608. The second-order valence-corrected chi connectivity index (χ2v) is 9.29. The van der Waals surface area contributed by atoms with Crippen molar-refractivity contribution in [2.45, 2.75) is 12.6 Å². The zero-order valence-corrected chi connectivity index (χ0v) is 20.8. The molecule has 1 fully saturated rings. The summed E-state index contributed by atoms with van der Waals surface area (Å²) < 4.78 is 19.5. The van der Waals surface area contributed by atoms with E-state index in [0.717, 1.165) is 29.4 Å². The van der Waals surface area contributed by atoms with Crippen molar-refractivity contribution < 1.29 is 13.9 Å². The molecule has 3 aromatic rings. The first-order valence-electron chi connectivity index (χ1n) is 11.4. The second-order valence-electron chi connectivity index (χ2n) is 8.88. The Bertz CT molecular complexity index is 1280. The SMILES string of the molecule is COc1c(C#N)cc2ccccc2c1CN(C)C(=O)C(c1ccc(F)c(Cl)c1)N1CCN(C)CC1. The molecule has 0 aromatic heterocycles. The number of likely N-dealkylation sites (N-methyl/N-ethyl adjacent to an activating group) is 2. The number of carbonyl (C=O) groups is 1. The van der Waals surface area contributed by atoms with Crippen molar-refractivity contribution in [2.24, 2.45) is 0 Å². The van der Waals surface area contributed by atoms with E-state index in [0.29, 0.717) is 30.0 Å². The molecule has 1 atom stereocenters. The fourth-order valence-electron chi connectivity index (χ4n) is 4.67. The Morgan fingerprint density at radius 3 is 2.57 bits per heavy atom. The van der Waals surface area contributed by atoms with Gasteiger partial charge in [0.05, 0.1) is 17.7 Å². The number of hydrogen-bond acceptors (Lipinski definition) is 5. The molecule has 3 aromatic carbocycles. The highest BCUT2D eigenvalue weighted by Crippen LogP contribution is 2.34. The summed E-state index contributed by atoms with van der Waals surface area (Å²) in [7, 11) is 5.32. The van der Waals surface area contributed by atoms with Gasteiger partial charge in [0, 0.05) is 45.3 Å². The summed E-state index contributed by atoms with van der Waals surface area (Å²) in [5, 5.41) is 11.5. The van der Waals surface area contributed by atoms with Crippen LogP contribution in [0.4, 0.5) is 4.39 Å². The first kappa shape index (κ1) is 24.9. The van der Waals surface area contributed by atoms with Crippen LogP contribution in [-0.2, 0) is 11.3 Å². The van der Waals surface area contributed by atoms with Crippen LogP contribution in [0.3, 0.4) is 0 Å². The average molecular weight is 495 g/mol. The van der Waals surface area contributed by atoms with Crippen molar-refractivity contribution in [3.63, 3.8) is 0 Å². The largest absolute Gasteiger partial charge is 0.495 e. The molecule has 1 aliphatic heterocycles. The van der Waals surface area contributed by atoms with Crippen molar-refractivity contribution in [1.82, 2.24) is 14.7 Å². The Balaban J connectivity index is 1.72. The summed E-state index contributed by atoms with van der Waals surface area (Å²) in [6, 6.07) is 15.6. The van der Waals surface area contributed by atoms with Gasteiger partial charge in [-0.25, -0.2) is 4.39 Å². The van der Waals surface area contributed by atoms with E-state index in [2.05, 4.69) is 22.9 Å². The van der Waals surface area contributed by atoms with Gasteiger partial charge in [0.2, 0.25) is 5.91 Å². The van der Waals surface area contributed by atoms with Gasteiger partial charge in [-0.15, -0.1) is 0 Å². The van der Waals surface area contributed by atoms with Crippen LogP contribution >= 0.6 is 11.6 Å². The van der Waals surface area contributed by atoms with Gasteiger partial charge in [-0.2, -0.15) is 5.26 Å². The molecule has 182 valence electrons. The smallest absolute Gasteiger partial charge is 0.244 e. The number of nitriles is 1. The molecule has 1 amide bonds. The van der Waals surface area contributed by atoms with Crippen LogP contribution in [0, 0.1) is 17.1 Å². The minimum absolute atomic E-state index is 0.00790. The van der Waals surface area contributed by atoms with Crippen LogP contribution < -0.4 is 4.74 Å². The predicted molar refractivity (Wildman–Crippen MR) is 135 cm³/mol. The number of ether oxygens (including phenoxy) is 1. The van der Waals surface area contributed by atoms with E-state index in [1.54, 1.807) is 24.1 Å². The molecular formula is C27H28ClFN4O2. The van der Waals surface area contributed by atoms with E-state index in [9.17, 15) is 14.4 Å². The summed E-state index contributed by atoms with van der Waals surface area (Å²) in [6.07, 6.45) is 0. The maximum atomic E-state index is 13.9. The van der Waals surface area contributed by atoms with Gasteiger partial charge in [-0.05, 0) is 41.6 Å². The lowest BCUT2D eigenvalue weighted by Gasteiger charge is -2.39. The Morgan fingerprint density at radius 2 is 1.91 bits per heavy atom. The first-order valence-corrected chi connectivity index (χ1v) is 11.8. The van der Waals surface area contributed by atoms with Crippen molar-refractivity contribution in [2.75, 3.05) is 47.4 Å². The van der Waals surface area contributed by atoms with E-state index in [-0.39, 0.29) is 17.5 Å². The van der Waals surface area contributed by atoms with Crippen molar-refractivity contribution >= 4 is 28.3 Å². The summed E-state index contributed by atoms with van der Waals surface area (Å²) in [4.78, 5) is 19.9. The average Bonchev–Trinajstić information content (AvgIpc) is 2.87. The summed E-state index contributed by atoms with van der Waals surface area (Å²) >= 11 is 6.10. The van der Waals surface area contributed by atoms with Crippen LogP contribution in [-0.4, -0.2) is 68.0 Å². The van der Waals surface area contributed by atoms with Crippen LogP contribution in [0.25, 0.3) is 10.8 Å². The number of benzene rings is 3. The van der Waals surface area contributed by atoms with Gasteiger partial charge in [0.1, 0.15) is 23.7 Å². The number of hydrogen-bond donors (Lipinski definition) is 0. The van der Waals surface area contributed by atoms with Gasteiger partial charge in [-0.1, -0.05) is 41.9 Å². The van der Waals surface area contributed by atoms with Gasteiger partial charge < -0.3 is 14.5 Å². The third-order valence-electron chi connectivity index (χ3n) is 6.60. The van der Waals surface area contributed by atoms with E-state index < -0.39 is 11.9 Å². The summed E-state index contributed by atoms with van der Waals surface area (Å²) in [5.41, 5.74) is 1.84. The number of piperazine rings is 1. The standard InChI is InChI=1S/C27H28ClFN4O2/c1-31-10-12-33(13-11-31)25(19-8-9-24(29)23(28)15-19)27(34)32(2)17-22-21-7-5-4-6-18(21)14-20(16-30)26(22)35-3/h4-9,14-15,25H,10-13,17H2,1-3H3. The van der Waals surface area contributed by atoms with Crippen molar-refractivity contribution in [3.8, 4) is 11.8 Å². The lowest BCUT2D eigenvalue weighted by atomic mass is 9.98. The molecule has 6 nitrogen and oxygen atoms in total. The summed E-state index contributed by atoms with van der Waals surface area (Å²) in [6.45, 7) is 3.30. The Kier molecular flexibility index (Phi) is 7.56. The zero-order chi connectivity index (χ0) is 25.1. The van der Waals surface area contributed by atoms with Gasteiger partial charge in [0.15, 0.2) is 0 Å². The highest BCUT2D eigenvalue weighted by Gasteiger charge is 2.33. The molecule has 0 spiro atoms. The minimum Gasteiger partial charge on any atom is -0.495 e. The van der Waals surface area contributed by atoms with Crippen LogP contribution in [0.15, 0.2) is 48.5 Å². The van der Waals surface area contributed by atoms with E-state index in [1.165, 1.54) is 19.2 Å². The van der Waals surface area contributed by atoms with Crippen LogP contribution in [0.5, 0.6) is 5.75 Å². The molecule has 8 heteroatoms. The van der Waals surface area contributed by atoms with Gasteiger partial charge >= 0.3 is 0 Å². The monoisotopic (exact) mass is 494 g/mol. The number of carbonyl (C=O) groups excluding carboxylic acids is 1. The normalized spacial score (nSPS) is 15.5. The third-order valence-corrected chi connectivity index (χ3v) is 6.89. The van der Waals surface area contributed by atoms with Crippen LogP contribution in [0.2, 0.25) is 5.02 Å². The van der Waals surface area contributed by atoms with E-state index in [4.69, 9.17) is 16.3 Å². The highest BCUT2D eigenvalue weighted by molar-refractivity contribution is 6.30. The quantitative estimate of drug-likeness (QED) is 0.506.